The molecule has 12 nitrogen and oxygen atoms in total. The van der Waals surface area contributed by atoms with Gasteiger partial charge in [-0.25, -0.2) is 4.18 Å². The molecule has 1 aliphatic carbocycles. The summed E-state index contributed by atoms with van der Waals surface area (Å²) in [5.74, 6) is -0.947. The van der Waals surface area contributed by atoms with E-state index in [1.54, 1.807) is 0 Å². The standard InChI is InChI=1S/C9H14O12S4/c1-22(10,11)19-7-5-4-6-9(25(16,17)18,21-24(3,14)15)8(7)20-23(2,12)13/h4-6,8H,1-3H3,(H,16,17,18). The second-order valence-electron chi connectivity index (χ2n) is 4.88. The number of hydrogen-bond donors (Lipinski definition) is 1. The van der Waals surface area contributed by atoms with Crippen molar-refractivity contribution in [2.24, 2.45) is 0 Å². The molecule has 1 aliphatic rings. The predicted octanol–water partition coefficient (Wildman–Crippen LogP) is -1.68. The average molecular weight is 442 g/mol. The zero-order valence-corrected chi connectivity index (χ0v) is 16.1. The third-order valence-corrected chi connectivity index (χ3v) is 5.38. The first-order valence-electron chi connectivity index (χ1n) is 5.91. The third kappa shape index (κ3) is 6.01. The lowest BCUT2D eigenvalue weighted by molar-refractivity contribution is 0.0551. The van der Waals surface area contributed by atoms with E-state index in [-0.39, 0.29) is 0 Å². The van der Waals surface area contributed by atoms with Crippen LogP contribution in [0.1, 0.15) is 0 Å². The molecule has 25 heavy (non-hydrogen) atoms. The molecule has 0 saturated heterocycles. The van der Waals surface area contributed by atoms with Gasteiger partial charge in [-0.1, -0.05) is 6.08 Å². The Morgan fingerprint density at radius 2 is 1.44 bits per heavy atom. The van der Waals surface area contributed by atoms with E-state index in [0.717, 1.165) is 12.2 Å². The summed E-state index contributed by atoms with van der Waals surface area (Å²) in [6.45, 7) is 0. The largest absolute Gasteiger partial charge is 0.384 e. The van der Waals surface area contributed by atoms with Crippen molar-refractivity contribution in [3.05, 3.63) is 24.0 Å². The quantitative estimate of drug-likeness (QED) is 0.349. The van der Waals surface area contributed by atoms with Crippen LogP contribution in [0.4, 0.5) is 0 Å². The Morgan fingerprint density at radius 3 is 1.80 bits per heavy atom. The monoisotopic (exact) mass is 442 g/mol. The van der Waals surface area contributed by atoms with Crippen molar-refractivity contribution in [2.75, 3.05) is 18.8 Å². The Balaban J connectivity index is 3.73. The van der Waals surface area contributed by atoms with Gasteiger partial charge in [-0.2, -0.15) is 33.7 Å². The van der Waals surface area contributed by atoms with Crippen LogP contribution >= 0.6 is 0 Å². The van der Waals surface area contributed by atoms with Gasteiger partial charge in [0.1, 0.15) is 0 Å². The minimum absolute atomic E-state index is 0.417. The summed E-state index contributed by atoms with van der Waals surface area (Å²) in [6.07, 6.45) is 0.976. The third-order valence-electron chi connectivity index (χ3n) is 2.42. The number of rotatable bonds is 7. The highest BCUT2D eigenvalue weighted by Crippen LogP contribution is 2.37. The van der Waals surface area contributed by atoms with Crippen molar-refractivity contribution in [2.45, 2.75) is 11.0 Å². The molecule has 0 aromatic heterocycles. The summed E-state index contributed by atoms with van der Waals surface area (Å²) < 4.78 is 115. The van der Waals surface area contributed by atoms with Crippen LogP contribution in [-0.4, -0.2) is 68.0 Å². The molecule has 0 spiro atoms. The van der Waals surface area contributed by atoms with Crippen LogP contribution in [0.3, 0.4) is 0 Å². The van der Waals surface area contributed by atoms with Gasteiger partial charge in [0.25, 0.3) is 25.2 Å². The van der Waals surface area contributed by atoms with Crippen LogP contribution in [0.5, 0.6) is 0 Å². The van der Waals surface area contributed by atoms with Gasteiger partial charge in [0.15, 0.2) is 11.9 Å². The van der Waals surface area contributed by atoms with Crippen LogP contribution in [0.15, 0.2) is 24.0 Å². The van der Waals surface area contributed by atoms with E-state index in [1.165, 1.54) is 0 Å². The second kappa shape index (κ2) is 6.60. The highest BCUT2D eigenvalue weighted by molar-refractivity contribution is 7.90. The second-order valence-corrected chi connectivity index (χ2v) is 11.2. The van der Waals surface area contributed by atoms with Gasteiger partial charge in [0, 0.05) is 0 Å². The number of hydrogen-bond acceptors (Lipinski definition) is 11. The maximum absolute atomic E-state index is 11.8. The van der Waals surface area contributed by atoms with Gasteiger partial charge in [-0.15, -0.1) is 0 Å². The van der Waals surface area contributed by atoms with Crippen LogP contribution in [0.25, 0.3) is 0 Å². The van der Waals surface area contributed by atoms with Crippen molar-refractivity contribution in [1.29, 1.82) is 0 Å². The molecule has 0 heterocycles. The molecule has 2 unspecified atom stereocenters. The lowest BCUT2D eigenvalue weighted by atomic mass is 10.1. The summed E-state index contributed by atoms with van der Waals surface area (Å²) in [6, 6.07) is 0. The minimum Gasteiger partial charge on any atom is -0.384 e. The Kier molecular flexibility index (Phi) is 5.81. The first-order chi connectivity index (χ1) is 10.9. The SMILES string of the molecule is CS(=O)(=O)OC1=CC=CC(OS(C)(=O)=O)(S(=O)(=O)O)C1OS(C)(=O)=O. The molecule has 1 rings (SSSR count). The van der Waals surface area contributed by atoms with Crippen molar-refractivity contribution in [3.63, 3.8) is 0 Å². The molecular formula is C9H14O12S4. The lowest BCUT2D eigenvalue weighted by Crippen LogP contribution is -2.54. The van der Waals surface area contributed by atoms with Gasteiger partial charge in [0.2, 0.25) is 0 Å². The van der Waals surface area contributed by atoms with E-state index in [1.807, 2.05) is 0 Å². The van der Waals surface area contributed by atoms with E-state index < -0.39 is 57.3 Å². The van der Waals surface area contributed by atoms with E-state index in [9.17, 15) is 38.2 Å². The number of allylic oxidation sites excluding steroid dienone is 2. The smallest absolute Gasteiger partial charge is 0.306 e. The first kappa shape index (κ1) is 22.0. The van der Waals surface area contributed by atoms with Gasteiger partial charge >= 0.3 is 20.2 Å². The fraction of sp³-hybridized carbons (Fsp3) is 0.556. The Labute approximate surface area is 145 Å². The van der Waals surface area contributed by atoms with Gasteiger partial charge in [-0.05, 0) is 12.2 Å². The van der Waals surface area contributed by atoms with Crippen LogP contribution in [0, 0.1) is 0 Å². The Bertz CT molecular complexity index is 1010. The van der Waals surface area contributed by atoms with Crippen LogP contribution in [-0.2, 0) is 53.0 Å². The van der Waals surface area contributed by atoms with Crippen LogP contribution < -0.4 is 0 Å². The highest BCUT2D eigenvalue weighted by Gasteiger charge is 2.58. The van der Waals surface area contributed by atoms with Crippen molar-refractivity contribution < 1.29 is 50.8 Å². The topological polar surface area (TPSA) is 184 Å². The average Bonchev–Trinajstić information content (AvgIpc) is 2.26. The van der Waals surface area contributed by atoms with E-state index in [2.05, 4.69) is 12.5 Å². The van der Waals surface area contributed by atoms with Crippen LogP contribution in [0.2, 0.25) is 0 Å². The molecule has 0 saturated carbocycles. The molecule has 0 aromatic carbocycles. The fourth-order valence-corrected chi connectivity index (χ4v) is 4.92. The fourth-order valence-electron chi connectivity index (χ4n) is 1.76. The Morgan fingerprint density at radius 1 is 0.920 bits per heavy atom. The predicted molar refractivity (Wildman–Crippen MR) is 83.1 cm³/mol. The summed E-state index contributed by atoms with van der Waals surface area (Å²) >= 11 is 0. The summed E-state index contributed by atoms with van der Waals surface area (Å²) in [4.78, 5) is -3.33. The molecule has 0 aromatic rings. The van der Waals surface area contributed by atoms with Crippen molar-refractivity contribution in [1.82, 2.24) is 0 Å². The molecule has 0 amide bonds. The molecule has 0 bridgehead atoms. The molecule has 1 N–H and O–H groups in total. The van der Waals surface area contributed by atoms with Gasteiger partial charge in [0.05, 0.1) is 18.8 Å². The molecule has 2 atom stereocenters. The van der Waals surface area contributed by atoms with Gasteiger partial charge in [-0.3, -0.25) is 8.74 Å². The summed E-state index contributed by atoms with van der Waals surface area (Å²) in [7, 11) is -19.0. The van der Waals surface area contributed by atoms with Crippen molar-refractivity contribution in [3.8, 4) is 0 Å². The maximum Gasteiger partial charge on any atom is 0.306 e. The maximum atomic E-state index is 11.8. The molecule has 0 radical (unpaired) electrons. The van der Waals surface area contributed by atoms with Crippen molar-refractivity contribution >= 4 is 40.5 Å². The highest BCUT2D eigenvalue weighted by atomic mass is 32.2. The van der Waals surface area contributed by atoms with Gasteiger partial charge < -0.3 is 4.18 Å². The summed E-state index contributed by atoms with van der Waals surface area (Å²) in [5, 5.41) is 0. The Hall–Kier alpha value is -1.04. The first-order valence-corrected chi connectivity index (χ1v) is 12.8. The van der Waals surface area contributed by atoms with E-state index in [0.29, 0.717) is 24.8 Å². The molecule has 0 aliphatic heterocycles. The molecule has 16 heteroatoms. The van der Waals surface area contributed by atoms with E-state index >= 15 is 0 Å². The molecule has 146 valence electrons. The molecular weight excluding hydrogens is 428 g/mol. The zero-order chi connectivity index (χ0) is 19.9. The zero-order valence-electron chi connectivity index (χ0n) is 12.9. The van der Waals surface area contributed by atoms with E-state index in [4.69, 9.17) is 0 Å². The minimum atomic E-state index is -5.52. The summed E-state index contributed by atoms with van der Waals surface area (Å²) in [5.41, 5.74) is 0. The normalized spacial score (nSPS) is 25.4. The molecule has 0 fully saturated rings. The lowest BCUT2D eigenvalue weighted by Gasteiger charge is -2.35.